The van der Waals surface area contributed by atoms with E-state index < -0.39 is 16.0 Å². The second-order valence-corrected chi connectivity index (χ2v) is 6.58. The molecule has 0 amide bonds. The number of anilines is 1. The molecule has 0 atom stereocenters. The maximum Gasteiger partial charge on any atom is 0.337 e. The zero-order chi connectivity index (χ0) is 13.6. The van der Waals surface area contributed by atoms with E-state index in [0.29, 0.717) is 29.4 Å². The highest BCUT2D eigenvalue weighted by atomic mass is 32.2. The molecule has 0 bridgehead atoms. The molecule has 1 saturated carbocycles. The van der Waals surface area contributed by atoms with Crippen LogP contribution in [0.1, 0.15) is 23.2 Å². The van der Waals surface area contributed by atoms with E-state index in [-0.39, 0.29) is 10.8 Å². The number of hydrogen-bond acceptors (Lipinski definition) is 3. The van der Waals surface area contributed by atoms with Crippen molar-refractivity contribution in [1.29, 1.82) is 0 Å². The van der Waals surface area contributed by atoms with Gasteiger partial charge in [0.15, 0.2) is 0 Å². The lowest BCUT2D eigenvalue weighted by atomic mass is 10.1. The molecule has 1 aromatic carbocycles. The van der Waals surface area contributed by atoms with Gasteiger partial charge >= 0.3 is 5.97 Å². The van der Waals surface area contributed by atoms with Crippen molar-refractivity contribution in [2.45, 2.75) is 18.1 Å². The molecule has 1 aromatic heterocycles. The first kappa shape index (κ1) is 12.0. The first-order chi connectivity index (χ1) is 8.97. The van der Waals surface area contributed by atoms with E-state index in [1.807, 2.05) is 0 Å². The molecule has 2 aromatic rings. The maximum atomic E-state index is 11.8. The average molecular weight is 280 g/mol. The third-order valence-electron chi connectivity index (χ3n) is 3.14. The van der Waals surface area contributed by atoms with Crippen LogP contribution in [0, 0.1) is 0 Å². The molecule has 0 aliphatic heterocycles. The van der Waals surface area contributed by atoms with Crippen molar-refractivity contribution in [2.24, 2.45) is 0 Å². The Morgan fingerprint density at radius 2 is 2.11 bits per heavy atom. The van der Waals surface area contributed by atoms with Gasteiger partial charge in [-0.25, -0.2) is 13.2 Å². The van der Waals surface area contributed by atoms with Crippen LogP contribution in [0.2, 0.25) is 0 Å². The monoisotopic (exact) mass is 280 g/mol. The minimum Gasteiger partial charge on any atom is -0.478 e. The number of aromatic carboxylic acids is 1. The van der Waals surface area contributed by atoms with Gasteiger partial charge in [-0.15, -0.1) is 0 Å². The highest BCUT2D eigenvalue weighted by Crippen LogP contribution is 2.30. The molecular formula is C12H12N2O4S. The topological polar surface area (TPSA) is 99.3 Å². The Kier molecular flexibility index (Phi) is 2.53. The van der Waals surface area contributed by atoms with Gasteiger partial charge in [0.05, 0.1) is 16.5 Å². The summed E-state index contributed by atoms with van der Waals surface area (Å²) in [7, 11) is -3.30. The van der Waals surface area contributed by atoms with Crippen molar-refractivity contribution in [2.75, 3.05) is 4.72 Å². The minimum absolute atomic E-state index is 0.173. The van der Waals surface area contributed by atoms with Gasteiger partial charge in [-0.1, -0.05) is 0 Å². The van der Waals surface area contributed by atoms with Crippen LogP contribution in [0.5, 0.6) is 0 Å². The molecule has 1 fully saturated rings. The van der Waals surface area contributed by atoms with Crippen molar-refractivity contribution in [3.63, 3.8) is 0 Å². The minimum atomic E-state index is -3.30. The molecule has 19 heavy (non-hydrogen) atoms. The summed E-state index contributed by atoms with van der Waals surface area (Å²) in [5.41, 5.74) is 1.21. The number of fused-ring (bicyclic) bond motifs is 1. The normalized spacial score (nSPS) is 15.6. The van der Waals surface area contributed by atoms with Gasteiger partial charge in [0.25, 0.3) is 0 Å². The zero-order valence-corrected chi connectivity index (χ0v) is 10.7. The predicted molar refractivity (Wildman–Crippen MR) is 70.8 cm³/mol. The van der Waals surface area contributed by atoms with Crippen LogP contribution in [0.3, 0.4) is 0 Å². The second-order valence-electron chi connectivity index (χ2n) is 4.61. The molecule has 6 nitrogen and oxygen atoms in total. The molecule has 0 spiro atoms. The number of carboxylic acid groups (broad SMARTS) is 1. The van der Waals surface area contributed by atoms with Gasteiger partial charge in [-0.2, -0.15) is 0 Å². The lowest BCUT2D eigenvalue weighted by Crippen LogP contribution is -2.17. The van der Waals surface area contributed by atoms with Crippen LogP contribution >= 0.6 is 0 Å². The molecule has 0 saturated heterocycles. The number of rotatable bonds is 4. The number of aromatic nitrogens is 1. The Morgan fingerprint density at radius 3 is 2.74 bits per heavy atom. The lowest BCUT2D eigenvalue weighted by Gasteiger charge is -2.06. The van der Waals surface area contributed by atoms with Gasteiger partial charge in [0, 0.05) is 17.1 Å². The number of hydrogen-bond donors (Lipinski definition) is 3. The number of nitrogens with one attached hydrogen (secondary N) is 2. The van der Waals surface area contributed by atoms with Crippen LogP contribution in [-0.4, -0.2) is 29.7 Å². The summed E-state index contributed by atoms with van der Waals surface area (Å²) in [5.74, 6) is -1.02. The van der Waals surface area contributed by atoms with E-state index in [0.717, 1.165) is 0 Å². The van der Waals surface area contributed by atoms with E-state index in [2.05, 4.69) is 9.71 Å². The largest absolute Gasteiger partial charge is 0.478 e. The quantitative estimate of drug-likeness (QED) is 0.794. The van der Waals surface area contributed by atoms with E-state index in [9.17, 15) is 13.2 Å². The summed E-state index contributed by atoms with van der Waals surface area (Å²) in [6, 6.07) is 4.77. The molecule has 0 unspecified atom stereocenters. The van der Waals surface area contributed by atoms with E-state index in [1.54, 1.807) is 18.2 Å². The van der Waals surface area contributed by atoms with Crippen LogP contribution < -0.4 is 4.72 Å². The third kappa shape index (κ3) is 2.17. The number of carbonyl (C=O) groups is 1. The SMILES string of the molecule is O=C(O)c1c[nH]c2cc(NS(=O)(=O)C3CC3)ccc12. The molecular weight excluding hydrogens is 268 g/mol. The number of benzene rings is 1. The van der Waals surface area contributed by atoms with Crippen molar-refractivity contribution in [1.82, 2.24) is 4.98 Å². The Morgan fingerprint density at radius 1 is 1.37 bits per heavy atom. The average Bonchev–Trinajstić information content (AvgIpc) is 3.10. The van der Waals surface area contributed by atoms with E-state index in [4.69, 9.17) is 5.11 Å². The van der Waals surface area contributed by atoms with Gasteiger partial charge in [-0.05, 0) is 31.0 Å². The standard InChI is InChI=1S/C12H12N2O4S/c15-12(16)10-6-13-11-5-7(1-4-9(10)11)14-19(17,18)8-2-3-8/h1,4-6,8,13-14H,2-3H2,(H,15,16). The summed E-state index contributed by atoms with van der Waals surface area (Å²) >= 11 is 0. The molecule has 100 valence electrons. The summed E-state index contributed by atoms with van der Waals surface area (Å²) in [4.78, 5) is 13.8. The molecule has 3 N–H and O–H groups in total. The van der Waals surface area contributed by atoms with Gasteiger partial charge in [-0.3, -0.25) is 4.72 Å². The van der Waals surface area contributed by atoms with E-state index >= 15 is 0 Å². The summed E-state index contributed by atoms with van der Waals surface area (Å²) in [6.07, 6.45) is 2.79. The number of carboxylic acids is 1. The van der Waals surface area contributed by atoms with Crippen LogP contribution in [0.15, 0.2) is 24.4 Å². The highest BCUT2D eigenvalue weighted by molar-refractivity contribution is 7.93. The molecule has 7 heteroatoms. The maximum absolute atomic E-state index is 11.8. The Labute approximate surface area is 109 Å². The van der Waals surface area contributed by atoms with Crippen molar-refractivity contribution in [3.8, 4) is 0 Å². The second kappa shape index (κ2) is 3.99. The van der Waals surface area contributed by atoms with Crippen molar-refractivity contribution in [3.05, 3.63) is 30.0 Å². The first-order valence-electron chi connectivity index (χ1n) is 5.83. The molecule has 0 radical (unpaired) electrons. The number of sulfonamides is 1. The smallest absolute Gasteiger partial charge is 0.337 e. The summed E-state index contributed by atoms with van der Waals surface area (Å²) in [5, 5.41) is 9.24. The Hall–Kier alpha value is -2.02. The predicted octanol–water partition coefficient (Wildman–Crippen LogP) is 1.77. The summed E-state index contributed by atoms with van der Waals surface area (Å²) < 4.78 is 26.1. The highest BCUT2D eigenvalue weighted by Gasteiger charge is 2.35. The number of H-pyrrole nitrogens is 1. The molecule has 3 rings (SSSR count). The molecule has 1 aliphatic rings. The number of aromatic amines is 1. The van der Waals surface area contributed by atoms with Gasteiger partial charge in [0.2, 0.25) is 10.0 Å². The van der Waals surface area contributed by atoms with Crippen LogP contribution in [-0.2, 0) is 10.0 Å². The lowest BCUT2D eigenvalue weighted by molar-refractivity contribution is 0.0699. The first-order valence-corrected chi connectivity index (χ1v) is 7.38. The Balaban J connectivity index is 1.96. The van der Waals surface area contributed by atoms with E-state index in [1.165, 1.54) is 6.20 Å². The van der Waals surface area contributed by atoms with Gasteiger partial charge in [0.1, 0.15) is 0 Å². The third-order valence-corrected chi connectivity index (χ3v) is 5.00. The zero-order valence-electron chi connectivity index (χ0n) is 9.88. The fraction of sp³-hybridized carbons (Fsp3) is 0.250. The fourth-order valence-corrected chi connectivity index (χ4v) is 3.37. The van der Waals surface area contributed by atoms with Crippen LogP contribution in [0.4, 0.5) is 5.69 Å². The fourth-order valence-electron chi connectivity index (χ4n) is 1.99. The molecule has 1 aliphatic carbocycles. The van der Waals surface area contributed by atoms with Gasteiger partial charge < -0.3 is 10.1 Å². The Bertz CT molecular complexity index is 759. The molecule has 1 heterocycles. The van der Waals surface area contributed by atoms with Crippen LogP contribution in [0.25, 0.3) is 10.9 Å². The van der Waals surface area contributed by atoms with Crippen molar-refractivity contribution < 1.29 is 18.3 Å². The van der Waals surface area contributed by atoms with Crippen molar-refractivity contribution >= 4 is 32.6 Å². The summed E-state index contributed by atoms with van der Waals surface area (Å²) in [6.45, 7) is 0.